The SMILES string of the molecule is CCOC(=O)CCNC(=O)c1ccc(OCC(=O)N2CCCCC2)c(OCC)c1. The molecule has 0 aliphatic carbocycles. The molecule has 1 aromatic rings. The van der Waals surface area contributed by atoms with Gasteiger partial charge in [-0.2, -0.15) is 0 Å². The summed E-state index contributed by atoms with van der Waals surface area (Å²) in [6.07, 6.45) is 3.31. The Morgan fingerprint density at radius 3 is 2.45 bits per heavy atom. The van der Waals surface area contributed by atoms with Crippen LogP contribution in [0.15, 0.2) is 18.2 Å². The topological polar surface area (TPSA) is 94.2 Å². The van der Waals surface area contributed by atoms with E-state index < -0.39 is 0 Å². The molecule has 0 unspecified atom stereocenters. The van der Waals surface area contributed by atoms with Crippen molar-refractivity contribution in [2.45, 2.75) is 39.5 Å². The highest BCUT2D eigenvalue weighted by atomic mass is 16.5. The van der Waals surface area contributed by atoms with Crippen LogP contribution in [0.1, 0.15) is 49.9 Å². The van der Waals surface area contributed by atoms with Crippen molar-refractivity contribution in [3.63, 3.8) is 0 Å². The van der Waals surface area contributed by atoms with Gasteiger partial charge in [-0.05, 0) is 51.3 Å². The molecule has 8 nitrogen and oxygen atoms in total. The lowest BCUT2D eigenvalue weighted by atomic mass is 10.1. The maximum absolute atomic E-state index is 12.3. The van der Waals surface area contributed by atoms with Gasteiger partial charge in [-0.15, -0.1) is 0 Å². The summed E-state index contributed by atoms with van der Waals surface area (Å²) in [5.41, 5.74) is 0.381. The molecule has 1 fully saturated rings. The van der Waals surface area contributed by atoms with Gasteiger partial charge in [0.25, 0.3) is 11.8 Å². The Hall–Kier alpha value is -2.77. The summed E-state index contributed by atoms with van der Waals surface area (Å²) in [7, 11) is 0. The van der Waals surface area contributed by atoms with E-state index >= 15 is 0 Å². The highest BCUT2D eigenvalue weighted by molar-refractivity contribution is 5.95. The highest BCUT2D eigenvalue weighted by Crippen LogP contribution is 2.28. The Morgan fingerprint density at radius 1 is 1.00 bits per heavy atom. The van der Waals surface area contributed by atoms with Crippen molar-refractivity contribution in [1.29, 1.82) is 0 Å². The molecule has 0 spiro atoms. The van der Waals surface area contributed by atoms with Crippen LogP contribution in [-0.4, -0.2) is 62.1 Å². The van der Waals surface area contributed by atoms with E-state index in [0.717, 1.165) is 32.4 Å². The number of benzene rings is 1. The molecule has 1 aromatic carbocycles. The van der Waals surface area contributed by atoms with Gasteiger partial charge in [0.1, 0.15) is 0 Å². The van der Waals surface area contributed by atoms with Crippen LogP contribution in [0.25, 0.3) is 0 Å². The lowest BCUT2D eigenvalue weighted by Crippen LogP contribution is -2.38. The number of hydrogen-bond acceptors (Lipinski definition) is 6. The number of nitrogens with one attached hydrogen (secondary N) is 1. The average molecular weight is 406 g/mol. The van der Waals surface area contributed by atoms with Gasteiger partial charge >= 0.3 is 5.97 Å². The third-order valence-electron chi connectivity index (χ3n) is 4.49. The first kappa shape index (κ1) is 22.5. The fourth-order valence-corrected chi connectivity index (χ4v) is 3.02. The third kappa shape index (κ3) is 7.29. The Morgan fingerprint density at radius 2 is 1.76 bits per heavy atom. The number of carbonyl (C=O) groups excluding carboxylic acids is 3. The van der Waals surface area contributed by atoms with E-state index in [-0.39, 0.29) is 37.4 Å². The van der Waals surface area contributed by atoms with Crippen LogP contribution in [0.4, 0.5) is 0 Å². The van der Waals surface area contributed by atoms with E-state index in [0.29, 0.717) is 30.3 Å². The van der Waals surface area contributed by atoms with Gasteiger partial charge in [0.05, 0.1) is 19.6 Å². The summed E-state index contributed by atoms with van der Waals surface area (Å²) in [5.74, 6) is 0.0846. The number of carbonyl (C=O) groups is 3. The summed E-state index contributed by atoms with van der Waals surface area (Å²) < 4.78 is 16.1. The van der Waals surface area contributed by atoms with Gasteiger partial charge in [0, 0.05) is 25.2 Å². The maximum atomic E-state index is 12.3. The number of ether oxygens (including phenoxy) is 3. The number of piperidine rings is 1. The number of amides is 2. The molecule has 0 aromatic heterocycles. The van der Waals surface area contributed by atoms with Crippen molar-refractivity contribution in [3.05, 3.63) is 23.8 Å². The normalized spacial score (nSPS) is 13.5. The van der Waals surface area contributed by atoms with Crippen LogP contribution in [0.2, 0.25) is 0 Å². The van der Waals surface area contributed by atoms with Crippen molar-refractivity contribution in [1.82, 2.24) is 10.2 Å². The van der Waals surface area contributed by atoms with Crippen molar-refractivity contribution in [2.24, 2.45) is 0 Å². The van der Waals surface area contributed by atoms with Crippen molar-refractivity contribution >= 4 is 17.8 Å². The second kappa shape index (κ2) is 11.9. The molecule has 8 heteroatoms. The molecule has 0 saturated carbocycles. The third-order valence-corrected chi connectivity index (χ3v) is 4.49. The molecule has 29 heavy (non-hydrogen) atoms. The number of hydrogen-bond donors (Lipinski definition) is 1. The molecule has 1 N–H and O–H groups in total. The van der Waals surface area contributed by atoms with Crippen LogP contribution in [0.3, 0.4) is 0 Å². The molecule has 160 valence electrons. The number of nitrogens with zero attached hydrogens (tertiary/aromatic N) is 1. The fourth-order valence-electron chi connectivity index (χ4n) is 3.02. The Kier molecular flexibility index (Phi) is 9.27. The summed E-state index contributed by atoms with van der Waals surface area (Å²) >= 11 is 0. The summed E-state index contributed by atoms with van der Waals surface area (Å²) in [5, 5.41) is 2.67. The maximum Gasteiger partial charge on any atom is 0.307 e. The lowest BCUT2D eigenvalue weighted by molar-refractivity contribution is -0.143. The van der Waals surface area contributed by atoms with E-state index in [9.17, 15) is 14.4 Å². The molecule has 0 bridgehead atoms. The number of rotatable bonds is 10. The second-order valence-corrected chi connectivity index (χ2v) is 6.64. The van der Waals surface area contributed by atoms with Gasteiger partial charge in [0.15, 0.2) is 18.1 Å². The summed E-state index contributed by atoms with van der Waals surface area (Å²) in [4.78, 5) is 37.8. The second-order valence-electron chi connectivity index (χ2n) is 6.64. The van der Waals surface area contributed by atoms with Crippen LogP contribution in [0.5, 0.6) is 11.5 Å². The van der Waals surface area contributed by atoms with Crippen LogP contribution in [-0.2, 0) is 14.3 Å². The van der Waals surface area contributed by atoms with Gasteiger partial charge in [0.2, 0.25) is 0 Å². The average Bonchev–Trinajstić information content (AvgIpc) is 2.73. The molecule has 1 saturated heterocycles. The fraction of sp³-hybridized carbons (Fsp3) is 0.571. The van der Waals surface area contributed by atoms with E-state index in [4.69, 9.17) is 14.2 Å². The van der Waals surface area contributed by atoms with Crippen LogP contribution in [0, 0.1) is 0 Å². The van der Waals surface area contributed by atoms with Crippen LogP contribution >= 0.6 is 0 Å². The molecular weight excluding hydrogens is 376 g/mol. The molecule has 1 heterocycles. The summed E-state index contributed by atoms with van der Waals surface area (Å²) in [6.45, 7) is 5.92. The Bertz CT molecular complexity index is 700. The molecular formula is C21H30N2O6. The summed E-state index contributed by atoms with van der Waals surface area (Å²) in [6, 6.07) is 4.79. The number of likely N-dealkylation sites (tertiary alicyclic amines) is 1. The monoisotopic (exact) mass is 406 g/mol. The molecule has 1 aliphatic heterocycles. The Labute approximate surface area is 171 Å². The molecule has 2 rings (SSSR count). The van der Waals surface area contributed by atoms with Crippen molar-refractivity contribution in [3.8, 4) is 11.5 Å². The van der Waals surface area contributed by atoms with Crippen LogP contribution < -0.4 is 14.8 Å². The van der Waals surface area contributed by atoms with E-state index in [1.54, 1.807) is 25.1 Å². The van der Waals surface area contributed by atoms with Gasteiger partial charge in [-0.3, -0.25) is 14.4 Å². The molecule has 1 aliphatic rings. The largest absolute Gasteiger partial charge is 0.490 e. The van der Waals surface area contributed by atoms with E-state index in [1.165, 1.54) is 0 Å². The van der Waals surface area contributed by atoms with Gasteiger partial charge in [-0.1, -0.05) is 0 Å². The lowest BCUT2D eigenvalue weighted by Gasteiger charge is -2.26. The zero-order chi connectivity index (χ0) is 21.1. The molecule has 0 atom stereocenters. The minimum absolute atomic E-state index is 0.0482. The van der Waals surface area contributed by atoms with Gasteiger partial charge < -0.3 is 24.4 Å². The molecule has 0 radical (unpaired) electrons. The first-order valence-corrected chi connectivity index (χ1v) is 10.2. The zero-order valence-electron chi connectivity index (χ0n) is 17.2. The predicted molar refractivity (Wildman–Crippen MR) is 107 cm³/mol. The quantitative estimate of drug-likeness (QED) is 0.599. The van der Waals surface area contributed by atoms with Crippen molar-refractivity contribution < 1.29 is 28.6 Å². The van der Waals surface area contributed by atoms with E-state index in [2.05, 4.69) is 5.32 Å². The standard InChI is InChI=1S/C21H30N2O6/c1-3-27-18-14-16(21(26)22-11-10-20(25)28-4-2)8-9-17(18)29-15-19(24)23-12-6-5-7-13-23/h8-9,14H,3-7,10-13,15H2,1-2H3,(H,22,26). The smallest absolute Gasteiger partial charge is 0.307 e. The highest BCUT2D eigenvalue weighted by Gasteiger charge is 2.18. The van der Waals surface area contributed by atoms with Crippen molar-refractivity contribution in [2.75, 3.05) is 39.5 Å². The first-order chi connectivity index (χ1) is 14.0. The Balaban J connectivity index is 1.93. The van der Waals surface area contributed by atoms with Gasteiger partial charge in [-0.25, -0.2) is 0 Å². The molecule has 2 amide bonds. The van der Waals surface area contributed by atoms with E-state index in [1.807, 2.05) is 11.8 Å². The number of esters is 1. The zero-order valence-corrected chi connectivity index (χ0v) is 17.2. The predicted octanol–water partition coefficient (Wildman–Crippen LogP) is 2.16. The first-order valence-electron chi connectivity index (χ1n) is 10.2. The minimum atomic E-state index is -0.357. The minimum Gasteiger partial charge on any atom is -0.490 e.